The van der Waals surface area contributed by atoms with Crippen molar-refractivity contribution < 1.29 is 13.5 Å². The van der Waals surface area contributed by atoms with Gasteiger partial charge in [-0.2, -0.15) is 8.78 Å². The van der Waals surface area contributed by atoms with E-state index in [1.807, 2.05) is 0 Å². The van der Waals surface area contributed by atoms with Crippen LogP contribution < -0.4 is 0 Å². The Morgan fingerprint density at radius 2 is 2.14 bits per heavy atom. The average Bonchev–Trinajstić information content (AvgIpc) is 1.61. The highest BCUT2D eigenvalue weighted by atomic mass is 19.3. The van der Waals surface area contributed by atoms with Gasteiger partial charge in [0, 0.05) is 0 Å². The SMILES string of the molecule is [CH2]CCOC(F)F. The third-order valence-corrected chi connectivity index (χ3v) is 0.388. The van der Waals surface area contributed by atoms with Crippen molar-refractivity contribution in [2.24, 2.45) is 0 Å². The van der Waals surface area contributed by atoms with Crippen molar-refractivity contribution in [1.82, 2.24) is 0 Å². The quantitative estimate of drug-likeness (QED) is 0.533. The Labute approximate surface area is 41.3 Å². The van der Waals surface area contributed by atoms with Crippen LogP contribution in [0.25, 0.3) is 0 Å². The van der Waals surface area contributed by atoms with E-state index < -0.39 is 6.61 Å². The van der Waals surface area contributed by atoms with Crippen LogP contribution in [0.2, 0.25) is 0 Å². The second-order valence-electron chi connectivity index (χ2n) is 0.985. The van der Waals surface area contributed by atoms with Gasteiger partial charge in [0.15, 0.2) is 0 Å². The van der Waals surface area contributed by atoms with Gasteiger partial charge >= 0.3 is 6.61 Å². The highest BCUT2D eigenvalue weighted by molar-refractivity contribution is 4.33. The zero-order valence-corrected chi connectivity index (χ0v) is 3.86. The molecule has 0 N–H and O–H groups in total. The Morgan fingerprint density at radius 3 is 2.29 bits per heavy atom. The van der Waals surface area contributed by atoms with Gasteiger partial charge in [-0.3, -0.25) is 0 Å². The van der Waals surface area contributed by atoms with E-state index >= 15 is 0 Å². The lowest BCUT2D eigenvalue weighted by molar-refractivity contribution is -0.127. The second kappa shape index (κ2) is 3.99. The molecule has 0 atom stereocenters. The van der Waals surface area contributed by atoms with Gasteiger partial charge in [-0.25, -0.2) is 0 Å². The molecule has 1 nitrogen and oxygen atoms in total. The first-order valence-electron chi connectivity index (χ1n) is 1.96. The van der Waals surface area contributed by atoms with Gasteiger partial charge in [-0.05, 0) is 6.42 Å². The lowest BCUT2D eigenvalue weighted by atomic mass is 10.5. The highest BCUT2D eigenvalue weighted by Gasteiger charge is 1.96. The van der Waals surface area contributed by atoms with Crippen LogP contribution in [-0.2, 0) is 4.74 Å². The first kappa shape index (κ1) is 6.82. The normalized spacial score (nSPS) is 10.3. The number of halogens is 2. The fourth-order valence-electron chi connectivity index (χ4n) is 0.172. The Bertz CT molecular complexity index is 38.7. The lowest BCUT2D eigenvalue weighted by Crippen LogP contribution is -1.98. The van der Waals surface area contributed by atoms with E-state index in [0.29, 0.717) is 6.42 Å². The van der Waals surface area contributed by atoms with Crippen molar-refractivity contribution in [3.63, 3.8) is 0 Å². The molecular weight excluding hydrogens is 102 g/mol. The van der Waals surface area contributed by atoms with Gasteiger partial charge in [0.25, 0.3) is 0 Å². The molecule has 0 unspecified atom stereocenters. The molecule has 0 aromatic heterocycles. The van der Waals surface area contributed by atoms with Crippen molar-refractivity contribution in [3.05, 3.63) is 6.92 Å². The summed E-state index contributed by atoms with van der Waals surface area (Å²) in [6.45, 7) is 0.701. The topological polar surface area (TPSA) is 9.23 Å². The molecule has 7 heavy (non-hydrogen) atoms. The molecule has 0 aliphatic carbocycles. The van der Waals surface area contributed by atoms with Crippen molar-refractivity contribution in [2.75, 3.05) is 6.61 Å². The van der Waals surface area contributed by atoms with Crippen LogP contribution in [0, 0.1) is 6.92 Å². The summed E-state index contributed by atoms with van der Waals surface area (Å²) in [7, 11) is 0. The molecule has 0 fully saturated rings. The fourth-order valence-corrected chi connectivity index (χ4v) is 0.172. The van der Waals surface area contributed by atoms with E-state index in [0.717, 1.165) is 0 Å². The molecule has 43 valence electrons. The Balaban J connectivity index is 2.68. The monoisotopic (exact) mass is 109 g/mol. The molecule has 0 bridgehead atoms. The maximum absolute atomic E-state index is 11.0. The molecule has 0 aliphatic rings. The number of rotatable bonds is 3. The van der Waals surface area contributed by atoms with Gasteiger partial charge < -0.3 is 4.74 Å². The largest absolute Gasteiger partial charge is 0.345 e. The third-order valence-electron chi connectivity index (χ3n) is 0.388. The minimum Gasteiger partial charge on any atom is -0.323 e. The molecule has 0 rings (SSSR count). The zero-order valence-electron chi connectivity index (χ0n) is 3.86. The van der Waals surface area contributed by atoms with Crippen LogP contribution in [0.5, 0.6) is 0 Å². The average molecular weight is 109 g/mol. The molecule has 0 saturated heterocycles. The maximum Gasteiger partial charge on any atom is 0.345 e. The van der Waals surface area contributed by atoms with Gasteiger partial charge in [-0.1, -0.05) is 6.92 Å². The van der Waals surface area contributed by atoms with Crippen LogP contribution in [0.15, 0.2) is 0 Å². The Morgan fingerprint density at radius 1 is 1.57 bits per heavy atom. The molecule has 0 aromatic carbocycles. The molecule has 0 spiro atoms. The predicted octanol–water partition coefficient (Wildman–Crippen LogP) is 1.45. The molecule has 3 heteroatoms. The van der Waals surface area contributed by atoms with Crippen LogP contribution in [0.3, 0.4) is 0 Å². The van der Waals surface area contributed by atoms with Gasteiger partial charge in [0.1, 0.15) is 0 Å². The van der Waals surface area contributed by atoms with Gasteiger partial charge in [-0.15, -0.1) is 0 Å². The van der Waals surface area contributed by atoms with Crippen molar-refractivity contribution in [2.45, 2.75) is 13.0 Å². The van der Waals surface area contributed by atoms with E-state index in [1.165, 1.54) is 0 Å². The van der Waals surface area contributed by atoms with Crippen LogP contribution >= 0.6 is 0 Å². The van der Waals surface area contributed by atoms with E-state index in [1.54, 1.807) is 0 Å². The molecule has 0 aromatic rings. The Hall–Kier alpha value is -0.180. The number of ether oxygens (including phenoxy) is 1. The van der Waals surface area contributed by atoms with Crippen LogP contribution in [-0.4, -0.2) is 13.2 Å². The van der Waals surface area contributed by atoms with E-state index in [2.05, 4.69) is 11.7 Å². The van der Waals surface area contributed by atoms with Crippen LogP contribution in [0.4, 0.5) is 8.78 Å². The first-order valence-corrected chi connectivity index (χ1v) is 1.96. The summed E-state index contributed by atoms with van der Waals surface area (Å²) < 4.78 is 25.7. The van der Waals surface area contributed by atoms with Crippen molar-refractivity contribution >= 4 is 0 Å². The lowest BCUT2D eigenvalue weighted by Gasteiger charge is -1.95. The second-order valence-corrected chi connectivity index (χ2v) is 0.985. The maximum atomic E-state index is 11.0. The smallest absolute Gasteiger partial charge is 0.323 e. The standard InChI is InChI=1S/C4H7F2O/c1-2-3-7-4(5)6/h4H,1-3H2. The molecule has 0 amide bonds. The summed E-state index contributed by atoms with van der Waals surface area (Å²) in [5.41, 5.74) is 0. The van der Waals surface area contributed by atoms with E-state index in [-0.39, 0.29) is 6.61 Å². The minimum atomic E-state index is -2.64. The minimum absolute atomic E-state index is 0.0394. The number of hydrogen-bond donors (Lipinski definition) is 0. The summed E-state index contributed by atoms with van der Waals surface area (Å²) in [6.07, 6.45) is 0.393. The summed E-state index contributed by atoms with van der Waals surface area (Å²) in [5, 5.41) is 0. The Kier molecular flexibility index (Phi) is 3.89. The summed E-state index contributed by atoms with van der Waals surface area (Å²) in [6, 6.07) is 0. The summed E-state index contributed by atoms with van der Waals surface area (Å²) >= 11 is 0. The number of alkyl halides is 2. The molecule has 1 radical (unpaired) electrons. The fraction of sp³-hybridized carbons (Fsp3) is 0.750. The third kappa shape index (κ3) is 5.82. The molecule has 0 aliphatic heterocycles. The molecule has 0 saturated carbocycles. The van der Waals surface area contributed by atoms with Gasteiger partial charge in [0.05, 0.1) is 6.61 Å². The first-order chi connectivity index (χ1) is 3.27. The van der Waals surface area contributed by atoms with E-state index in [9.17, 15) is 8.78 Å². The van der Waals surface area contributed by atoms with E-state index in [4.69, 9.17) is 0 Å². The van der Waals surface area contributed by atoms with Crippen molar-refractivity contribution in [3.8, 4) is 0 Å². The zero-order chi connectivity index (χ0) is 5.70. The summed E-state index contributed by atoms with van der Waals surface area (Å²) in [4.78, 5) is 0. The van der Waals surface area contributed by atoms with Gasteiger partial charge in [0.2, 0.25) is 0 Å². The molecular formula is C4H7F2O. The predicted molar refractivity (Wildman–Crippen MR) is 21.9 cm³/mol. The summed E-state index contributed by atoms with van der Waals surface area (Å²) in [5.74, 6) is 0. The number of hydrogen-bond acceptors (Lipinski definition) is 1. The van der Waals surface area contributed by atoms with Crippen molar-refractivity contribution in [1.29, 1.82) is 0 Å². The molecule has 0 heterocycles. The van der Waals surface area contributed by atoms with Crippen LogP contribution in [0.1, 0.15) is 6.42 Å². The highest BCUT2D eigenvalue weighted by Crippen LogP contribution is 1.93.